The summed E-state index contributed by atoms with van der Waals surface area (Å²) in [4.78, 5) is 23.0. The van der Waals surface area contributed by atoms with Crippen molar-refractivity contribution in [1.82, 2.24) is 5.32 Å². The molecule has 7 nitrogen and oxygen atoms in total. The summed E-state index contributed by atoms with van der Waals surface area (Å²) in [6, 6.07) is 9.15. The van der Waals surface area contributed by atoms with Crippen molar-refractivity contribution in [3.05, 3.63) is 47.3 Å². The molecular weight excluding hydrogens is 364 g/mol. The maximum atomic E-state index is 12.2. The zero-order valence-corrected chi connectivity index (χ0v) is 14.6. The van der Waals surface area contributed by atoms with Crippen molar-refractivity contribution in [2.75, 3.05) is 4.72 Å². The summed E-state index contributed by atoms with van der Waals surface area (Å²) in [7, 11) is -3.67. The SMILES string of the molecule is O=C(NC1CC(C(=O)O)C1)c1cccc(NS(=O)(=O)c2cccs2)c1. The van der Waals surface area contributed by atoms with Crippen LogP contribution in [-0.2, 0) is 14.8 Å². The molecule has 0 spiro atoms. The first kappa shape index (κ1) is 17.4. The van der Waals surface area contributed by atoms with Gasteiger partial charge in [-0.15, -0.1) is 11.3 Å². The van der Waals surface area contributed by atoms with Gasteiger partial charge < -0.3 is 10.4 Å². The van der Waals surface area contributed by atoms with Crippen LogP contribution in [0, 0.1) is 5.92 Å². The number of amides is 1. The van der Waals surface area contributed by atoms with Crippen LogP contribution in [0.4, 0.5) is 5.69 Å². The second-order valence-electron chi connectivity index (χ2n) is 5.80. The van der Waals surface area contributed by atoms with Gasteiger partial charge in [-0.2, -0.15) is 0 Å². The molecule has 1 aliphatic carbocycles. The molecular formula is C16H16N2O5S2. The number of carboxylic acid groups (broad SMARTS) is 1. The van der Waals surface area contributed by atoms with Crippen LogP contribution < -0.4 is 10.0 Å². The van der Waals surface area contributed by atoms with Crippen molar-refractivity contribution in [3.8, 4) is 0 Å². The highest BCUT2D eigenvalue weighted by Crippen LogP contribution is 2.28. The van der Waals surface area contributed by atoms with Crippen LogP contribution in [0.2, 0.25) is 0 Å². The van der Waals surface area contributed by atoms with E-state index < -0.39 is 21.9 Å². The first-order valence-corrected chi connectivity index (χ1v) is 9.91. The Labute approximate surface area is 148 Å². The van der Waals surface area contributed by atoms with Gasteiger partial charge in [-0.3, -0.25) is 14.3 Å². The first-order valence-electron chi connectivity index (χ1n) is 7.55. The Morgan fingerprint density at radius 2 is 1.92 bits per heavy atom. The third-order valence-corrected chi connectivity index (χ3v) is 6.74. The maximum absolute atomic E-state index is 12.2. The number of carbonyl (C=O) groups excluding carboxylic acids is 1. The molecule has 1 heterocycles. The quantitative estimate of drug-likeness (QED) is 0.711. The summed E-state index contributed by atoms with van der Waals surface area (Å²) in [6.07, 6.45) is 0.817. The monoisotopic (exact) mass is 380 g/mol. The molecule has 0 atom stereocenters. The molecule has 1 saturated carbocycles. The summed E-state index contributed by atoms with van der Waals surface area (Å²) in [6.45, 7) is 0. The van der Waals surface area contributed by atoms with Crippen molar-refractivity contribution >= 4 is 38.9 Å². The zero-order valence-electron chi connectivity index (χ0n) is 13.0. The zero-order chi connectivity index (χ0) is 18.0. The van der Waals surface area contributed by atoms with Crippen molar-refractivity contribution in [2.24, 2.45) is 5.92 Å². The minimum absolute atomic E-state index is 0.167. The summed E-state index contributed by atoms with van der Waals surface area (Å²) >= 11 is 1.10. The molecule has 1 amide bonds. The Kier molecular flexibility index (Phi) is 4.78. The Bertz CT molecular complexity index is 887. The average Bonchev–Trinajstić information content (AvgIpc) is 3.05. The number of anilines is 1. The van der Waals surface area contributed by atoms with Gasteiger partial charge in [0.15, 0.2) is 0 Å². The maximum Gasteiger partial charge on any atom is 0.306 e. The largest absolute Gasteiger partial charge is 0.481 e. The molecule has 0 saturated heterocycles. The van der Waals surface area contributed by atoms with E-state index in [1.807, 2.05) is 0 Å². The lowest BCUT2D eigenvalue weighted by molar-refractivity contribution is -0.145. The number of thiophene rings is 1. The van der Waals surface area contributed by atoms with Gasteiger partial charge in [0.25, 0.3) is 15.9 Å². The van der Waals surface area contributed by atoms with E-state index in [9.17, 15) is 18.0 Å². The fraction of sp³-hybridized carbons (Fsp3) is 0.250. The molecule has 3 rings (SSSR count). The third kappa shape index (κ3) is 3.99. The minimum Gasteiger partial charge on any atom is -0.481 e. The average molecular weight is 380 g/mol. The van der Waals surface area contributed by atoms with Gasteiger partial charge >= 0.3 is 5.97 Å². The Hall–Kier alpha value is -2.39. The van der Waals surface area contributed by atoms with Gasteiger partial charge in [-0.25, -0.2) is 8.42 Å². The van der Waals surface area contributed by atoms with Gasteiger partial charge in [0.05, 0.1) is 5.92 Å². The van der Waals surface area contributed by atoms with E-state index in [1.165, 1.54) is 12.1 Å². The molecule has 1 aromatic heterocycles. The topological polar surface area (TPSA) is 113 Å². The molecule has 9 heteroatoms. The van der Waals surface area contributed by atoms with Crippen LogP contribution in [0.15, 0.2) is 46.0 Å². The number of aliphatic carboxylic acids is 1. The van der Waals surface area contributed by atoms with Crippen molar-refractivity contribution in [1.29, 1.82) is 0 Å². The summed E-state index contributed by atoms with van der Waals surface area (Å²) in [5.74, 6) is -1.62. The minimum atomic E-state index is -3.67. The molecule has 132 valence electrons. The molecule has 1 aromatic carbocycles. The van der Waals surface area contributed by atoms with Crippen LogP contribution in [0.3, 0.4) is 0 Å². The Morgan fingerprint density at radius 3 is 2.56 bits per heavy atom. The van der Waals surface area contributed by atoms with E-state index in [-0.39, 0.29) is 21.8 Å². The lowest BCUT2D eigenvalue weighted by Crippen LogP contribution is -2.46. The van der Waals surface area contributed by atoms with Crippen LogP contribution in [0.5, 0.6) is 0 Å². The number of benzene rings is 1. The summed E-state index contributed by atoms with van der Waals surface area (Å²) < 4.78 is 27.1. The number of hydrogen-bond acceptors (Lipinski definition) is 5. The van der Waals surface area contributed by atoms with Crippen LogP contribution >= 0.6 is 11.3 Å². The molecule has 0 bridgehead atoms. The van der Waals surface area contributed by atoms with Gasteiger partial charge in [0, 0.05) is 17.3 Å². The first-order chi connectivity index (χ1) is 11.8. The highest BCUT2D eigenvalue weighted by molar-refractivity contribution is 7.94. The van der Waals surface area contributed by atoms with Crippen molar-refractivity contribution < 1.29 is 23.1 Å². The molecule has 0 unspecified atom stereocenters. The Balaban J connectivity index is 1.65. The van der Waals surface area contributed by atoms with E-state index in [2.05, 4.69) is 10.0 Å². The molecule has 25 heavy (non-hydrogen) atoms. The summed E-state index contributed by atoms with van der Waals surface area (Å²) in [5.41, 5.74) is 0.600. The number of sulfonamides is 1. The number of carboxylic acids is 1. The summed E-state index contributed by atoms with van der Waals surface area (Å²) in [5, 5.41) is 13.3. The molecule has 1 aliphatic rings. The number of hydrogen-bond donors (Lipinski definition) is 3. The smallest absolute Gasteiger partial charge is 0.306 e. The van der Waals surface area contributed by atoms with Gasteiger partial charge in [0.2, 0.25) is 0 Å². The number of carbonyl (C=O) groups is 2. The van der Waals surface area contributed by atoms with Gasteiger partial charge in [-0.1, -0.05) is 12.1 Å². The van der Waals surface area contributed by atoms with Crippen LogP contribution in [0.1, 0.15) is 23.2 Å². The van der Waals surface area contributed by atoms with Gasteiger partial charge in [-0.05, 0) is 42.5 Å². The fourth-order valence-corrected chi connectivity index (χ4v) is 4.59. The predicted octanol–water partition coefficient (Wildman–Crippen LogP) is 2.14. The highest BCUT2D eigenvalue weighted by atomic mass is 32.2. The van der Waals surface area contributed by atoms with Crippen molar-refractivity contribution in [2.45, 2.75) is 23.1 Å². The van der Waals surface area contributed by atoms with Crippen molar-refractivity contribution in [3.63, 3.8) is 0 Å². The standard InChI is InChI=1S/C16H16N2O5S2/c19-15(17-13-8-11(9-13)16(20)21)10-3-1-4-12(7-10)18-25(22,23)14-5-2-6-24-14/h1-7,11,13,18H,8-9H2,(H,17,19)(H,20,21). The fourth-order valence-electron chi connectivity index (χ4n) is 2.55. The second-order valence-corrected chi connectivity index (χ2v) is 8.65. The van der Waals surface area contributed by atoms with Crippen LogP contribution in [-0.4, -0.2) is 31.4 Å². The molecule has 1 fully saturated rings. The number of rotatable bonds is 6. The number of nitrogens with one attached hydrogen (secondary N) is 2. The predicted molar refractivity (Wildman–Crippen MR) is 93.2 cm³/mol. The van der Waals surface area contributed by atoms with Crippen LogP contribution in [0.25, 0.3) is 0 Å². The normalized spacial score (nSPS) is 19.7. The Morgan fingerprint density at radius 1 is 1.16 bits per heavy atom. The molecule has 0 aliphatic heterocycles. The molecule has 2 aromatic rings. The van der Waals surface area contributed by atoms with E-state index in [4.69, 9.17) is 5.11 Å². The van der Waals surface area contributed by atoms with E-state index >= 15 is 0 Å². The van der Waals surface area contributed by atoms with E-state index in [0.717, 1.165) is 11.3 Å². The van der Waals surface area contributed by atoms with E-state index in [0.29, 0.717) is 18.4 Å². The lowest BCUT2D eigenvalue weighted by atomic mass is 9.80. The molecule has 3 N–H and O–H groups in total. The van der Waals surface area contributed by atoms with E-state index in [1.54, 1.807) is 29.6 Å². The second kappa shape index (κ2) is 6.85. The lowest BCUT2D eigenvalue weighted by Gasteiger charge is -2.32. The highest BCUT2D eigenvalue weighted by Gasteiger charge is 2.35. The third-order valence-electron chi connectivity index (χ3n) is 3.96. The van der Waals surface area contributed by atoms with Gasteiger partial charge in [0.1, 0.15) is 4.21 Å². The molecule has 0 radical (unpaired) electrons.